The van der Waals surface area contributed by atoms with Crippen molar-refractivity contribution in [2.24, 2.45) is 11.7 Å². The van der Waals surface area contributed by atoms with Gasteiger partial charge in [-0.15, -0.1) is 0 Å². The topological polar surface area (TPSA) is 26.0 Å². The summed E-state index contributed by atoms with van der Waals surface area (Å²) < 4.78 is 38.5. The summed E-state index contributed by atoms with van der Waals surface area (Å²) >= 11 is 2.93. The van der Waals surface area contributed by atoms with Crippen LogP contribution < -0.4 is 5.73 Å². The smallest absolute Gasteiger partial charge is 0.324 e. The van der Waals surface area contributed by atoms with Crippen molar-refractivity contribution < 1.29 is 13.2 Å². The average Bonchev–Trinajstić information content (AvgIpc) is 2.27. The van der Waals surface area contributed by atoms with Crippen LogP contribution in [0.4, 0.5) is 13.2 Å². The van der Waals surface area contributed by atoms with E-state index in [1.165, 1.54) is 6.07 Å². The maximum absolute atomic E-state index is 12.8. The standard InChI is InChI=1S/C14H19BrF3N/c1-3-4-9(2)7-13(19)10-5-6-12(15)11(8-10)14(16,17)18/h5-6,8-9,13H,3-4,7,19H2,1-2H3. The maximum atomic E-state index is 12.8. The van der Waals surface area contributed by atoms with E-state index in [2.05, 4.69) is 29.8 Å². The van der Waals surface area contributed by atoms with Gasteiger partial charge in [-0.2, -0.15) is 13.2 Å². The van der Waals surface area contributed by atoms with Crippen molar-refractivity contribution in [2.75, 3.05) is 0 Å². The summed E-state index contributed by atoms with van der Waals surface area (Å²) in [5.41, 5.74) is 5.88. The fourth-order valence-corrected chi connectivity index (χ4v) is 2.64. The molecule has 0 aliphatic heterocycles. The lowest BCUT2D eigenvalue weighted by molar-refractivity contribution is -0.138. The number of hydrogen-bond acceptors (Lipinski definition) is 1. The van der Waals surface area contributed by atoms with E-state index < -0.39 is 11.7 Å². The molecular weight excluding hydrogens is 319 g/mol. The second-order valence-electron chi connectivity index (χ2n) is 4.97. The molecule has 1 nitrogen and oxygen atoms in total. The van der Waals surface area contributed by atoms with Gasteiger partial charge >= 0.3 is 6.18 Å². The number of benzene rings is 1. The van der Waals surface area contributed by atoms with E-state index in [-0.39, 0.29) is 10.5 Å². The third-order valence-electron chi connectivity index (χ3n) is 3.16. The molecule has 1 aromatic carbocycles. The zero-order valence-electron chi connectivity index (χ0n) is 11.1. The first kappa shape index (κ1) is 16.5. The van der Waals surface area contributed by atoms with Crippen LogP contribution in [-0.2, 0) is 6.18 Å². The fourth-order valence-electron chi connectivity index (χ4n) is 2.17. The van der Waals surface area contributed by atoms with Crippen molar-refractivity contribution in [3.05, 3.63) is 33.8 Å². The van der Waals surface area contributed by atoms with Crippen molar-refractivity contribution in [3.63, 3.8) is 0 Å². The van der Waals surface area contributed by atoms with Crippen LogP contribution in [0.5, 0.6) is 0 Å². The molecule has 0 fully saturated rings. The van der Waals surface area contributed by atoms with Crippen LogP contribution in [0.1, 0.15) is 50.3 Å². The van der Waals surface area contributed by atoms with Gasteiger partial charge in [0, 0.05) is 10.5 Å². The Morgan fingerprint density at radius 2 is 1.95 bits per heavy atom. The van der Waals surface area contributed by atoms with E-state index in [9.17, 15) is 13.2 Å². The predicted octanol–water partition coefficient (Wildman–Crippen LogP) is 5.29. The van der Waals surface area contributed by atoms with E-state index in [0.717, 1.165) is 18.9 Å². The molecule has 1 aromatic rings. The minimum Gasteiger partial charge on any atom is -0.324 e. The Hall–Kier alpha value is -0.550. The SMILES string of the molecule is CCCC(C)CC(N)c1ccc(Br)c(C(F)(F)F)c1. The molecule has 19 heavy (non-hydrogen) atoms. The van der Waals surface area contributed by atoms with Gasteiger partial charge in [-0.05, 0) is 30.0 Å². The maximum Gasteiger partial charge on any atom is 0.417 e. The molecule has 2 atom stereocenters. The lowest BCUT2D eigenvalue weighted by atomic mass is 9.93. The summed E-state index contributed by atoms with van der Waals surface area (Å²) in [6.45, 7) is 4.16. The molecule has 0 bridgehead atoms. The molecule has 0 spiro atoms. The number of alkyl halides is 3. The lowest BCUT2D eigenvalue weighted by Gasteiger charge is -2.19. The van der Waals surface area contributed by atoms with Gasteiger partial charge in [0.1, 0.15) is 0 Å². The van der Waals surface area contributed by atoms with Gasteiger partial charge in [0.15, 0.2) is 0 Å². The summed E-state index contributed by atoms with van der Waals surface area (Å²) in [6, 6.07) is 3.87. The highest BCUT2D eigenvalue weighted by Crippen LogP contribution is 2.36. The second kappa shape index (κ2) is 6.75. The molecule has 108 valence electrons. The van der Waals surface area contributed by atoms with Gasteiger partial charge in [0.2, 0.25) is 0 Å². The summed E-state index contributed by atoms with van der Waals surface area (Å²) in [7, 11) is 0. The van der Waals surface area contributed by atoms with Crippen LogP contribution >= 0.6 is 15.9 Å². The van der Waals surface area contributed by atoms with E-state index >= 15 is 0 Å². The first-order valence-electron chi connectivity index (χ1n) is 6.38. The first-order chi connectivity index (χ1) is 8.75. The number of nitrogens with two attached hydrogens (primary N) is 1. The Bertz CT molecular complexity index is 418. The van der Waals surface area contributed by atoms with Gasteiger partial charge in [0.25, 0.3) is 0 Å². The lowest BCUT2D eigenvalue weighted by Crippen LogP contribution is -2.16. The largest absolute Gasteiger partial charge is 0.417 e. The Morgan fingerprint density at radius 3 is 2.47 bits per heavy atom. The van der Waals surface area contributed by atoms with E-state index in [1.54, 1.807) is 6.07 Å². The van der Waals surface area contributed by atoms with E-state index in [4.69, 9.17) is 5.73 Å². The highest BCUT2D eigenvalue weighted by Gasteiger charge is 2.33. The fraction of sp³-hybridized carbons (Fsp3) is 0.571. The van der Waals surface area contributed by atoms with Gasteiger partial charge in [-0.1, -0.05) is 48.7 Å². The summed E-state index contributed by atoms with van der Waals surface area (Å²) in [5.74, 6) is 0.415. The van der Waals surface area contributed by atoms with Gasteiger partial charge in [-0.25, -0.2) is 0 Å². The zero-order valence-corrected chi connectivity index (χ0v) is 12.7. The molecule has 0 aromatic heterocycles. The molecule has 1 rings (SSSR count). The van der Waals surface area contributed by atoms with Crippen LogP contribution in [0.15, 0.2) is 22.7 Å². The number of rotatable bonds is 5. The van der Waals surface area contributed by atoms with Crippen molar-refractivity contribution in [1.82, 2.24) is 0 Å². The molecule has 0 saturated heterocycles. The van der Waals surface area contributed by atoms with Crippen LogP contribution in [-0.4, -0.2) is 0 Å². The summed E-state index contributed by atoms with van der Waals surface area (Å²) in [5, 5.41) is 0. The second-order valence-corrected chi connectivity index (χ2v) is 5.83. The van der Waals surface area contributed by atoms with Crippen molar-refractivity contribution in [3.8, 4) is 0 Å². The van der Waals surface area contributed by atoms with Crippen LogP contribution in [0.2, 0.25) is 0 Å². The van der Waals surface area contributed by atoms with E-state index in [0.29, 0.717) is 17.9 Å². The quantitative estimate of drug-likeness (QED) is 0.775. The summed E-state index contributed by atoms with van der Waals surface area (Å²) in [4.78, 5) is 0. The Balaban J connectivity index is 2.90. The molecule has 5 heteroatoms. The van der Waals surface area contributed by atoms with Crippen LogP contribution in [0.25, 0.3) is 0 Å². The van der Waals surface area contributed by atoms with Crippen molar-refractivity contribution in [1.29, 1.82) is 0 Å². The molecular formula is C14H19BrF3N. The Labute approximate surface area is 120 Å². The molecule has 0 saturated carbocycles. The molecule has 0 aliphatic rings. The van der Waals surface area contributed by atoms with Gasteiger partial charge in [-0.3, -0.25) is 0 Å². The third kappa shape index (κ3) is 4.80. The molecule has 2 N–H and O–H groups in total. The van der Waals surface area contributed by atoms with E-state index in [1.807, 2.05) is 0 Å². The minimum atomic E-state index is -4.36. The number of halogens is 4. The predicted molar refractivity (Wildman–Crippen MR) is 74.8 cm³/mol. The van der Waals surface area contributed by atoms with Crippen LogP contribution in [0, 0.1) is 5.92 Å². The number of hydrogen-bond donors (Lipinski definition) is 1. The van der Waals surface area contributed by atoms with Crippen LogP contribution in [0.3, 0.4) is 0 Å². The average molecular weight is 338 g/mol. The highest BCUT2D eigenvalue weighted by atomic mass is 79.9. The monoisotopic (exact) mass is 337 g/mol. The first-order valence-corrected chi connectivity index (χ1v) is 7.17. The molecule has 2 unspecified atom stereocenters. The van der Waals surface area contributed by atoms with Gasteiger partial charge in [0.05, 0.1) is 5.56 Å². The highest BCUT2D eigenvalue weighted by molar-refractivity contribution is 9.10. The summed E-state index contributed by atoms with van der Waals surface area (Å²) in [6.07, 6.45) is -1.56. The third-order valence-corrected chi connectivity index (χ3v) is 3.85. The molecule has 0 aliphatic carbocycles. The van der Waals surface area contributed by atoms with Gasteiger partial charge < -0.3 is 5.73 Å². The molecule has 0 radical (unpaired) electrons. The Morgan fingerprint density at radius 1 is 1.32 bits per heavy atom. The molecule has 0 amide bonds. The normalized spacial score (nSPS) is 15.3. The minimum absolute atomic E-state index is 0.0533. The zero-order chi connectivity index (χ0) is 14.6. The van der Waals surface area contributed by atoms with Crippen molar-refractivity contribution >= 4 is 15.9 Å². The molecule has 0 heterocycles. The van der Waals surface area contributed by atoms with Crippen molar-refractivity contribution in [2.45, 2.75) is 45.3 Å². The Kier molecular flexibility index (Phi) is 5.86.